The zero-order chi connectivity index (χ0) is 17.1. The topological polar surface area (TPSA) is 84.7 Å². The Kier molecular flexibility index (Phi) is 4.39. The molecule has 0 saturated carbocycles. The van der Waals surface area contributed by atoms with Crippen molar-refractivity contribution in [1.29, 1.82) is 0 Å². The van der Waals surface area contributed by atoms with Gasteiger partial charge in [0, 0.05) is 24.6 Å². The van der Waals surface area contributed by atoms with Gasteiger partial charge < -0.3 is 15.2 Å². The highest BCUT2D eigenvalue weighted by molar-refractivity contribution is 5.96. The molecule has 0 radical (unpaired) electrons. The first kappa shape index (κ1) is 15.7. The molecule has 25 heavy (non-hydrogen) atoms. The minimum atomic E-state index is -0.0805. The lowest BCUT2D eigenvalue weighted by Crippen LogP contribution is -2.42. The molecule has 1 amide bonds. The van der Waals surface area contributed by atoms with Crippen LogP contribution >= 0.6 is 0 Å². The Morgan fingerprint density at radius 3 is 2.96 bits per heavy atom. The van der Waals surface area contributed by atoms with Crippen LogP contribution in [-0.4, -0.2) is 44.6 Å². The number of fused-ring (bicyclic) bond motifs is 1. The van der Waals surface area contributed by atoms with E-state index in [1.54, 1.807) is 24.8 Å². The number of hydrogen-bond acceptors (Lipinski definition) is 5. The molecule has 0 atom stereocenters. The van der Waals surface area contributed by atoms with Crippen LogP contribution in [-0.2, 0) is 6.54 Å². The number of aromatic nitrogens is 4. The first-order chi connectivity index (χ1) is 12.3. The maximum atomic E-state index is 12.4. The van der Waals surface area contributed by atoms with Gasteiger partial charge in [0.1, 0.15) is 5.52 Å². The molecule has 7 nitrogen and oxygen atoms in total. The van der Waals surface area contributed by atoms with E-state index in [1.807, 2.05) is 22.9 Å². The van der Waals surface area contributed by atoms with Crippen molar-refractivity contribution in [1.82, 2.24) is 30.2 Å². The first-order valence-electron chi connectivity index (χ1n) is 8.51. The van der Waals surface area contributed by atoms with E-state index in [4.69, 9.17) is 0 Å². The van der Waals surface area contributed by atoms with Crippen molar-refractivity contribution in [2.75, 3.05) is 13.1 Å². The molecule has 0 bridgehead atoms. The summed E-state index contributed by atoms with van der Waals surface area (Å²) < 4.78 is 1.96. The number of nitrogens with zero attached hydrogens (tertiary/aromatic N) is 4. The molecule has 4 heterocycles. The summed E-state index contributed by atoms with van der Waals surface area (Å²) >= 11 is 0. The van der Waals surface area contributed by atoms with Crippen LogP contribution in [0.2, 0.25) is 0 Å². The summed E-state index contributed by atoms with van der Waals surface area (Å²) in [6.07, 6.45) is 8.87. The number of amides is 1. The normalized spacial score (nSPS) is 15.4. The van der Waals surface area contributed by atoms with Gasteiger partial charge >= 0.3 is 0 Å². The van der Waals surface area contributed by atoms with Crippen LogP contribution in [0.1, 0.15) is 28.8 Å². The van der Waals surface area contributed by atoms with E-state index in [0.717, 1.165) is 42.7 Å². The summed E-state index contributed by atoms with van der Waals surface area (Å²) in [5, 5.41) is 6.38. The van der Waals surface area contributed by atoms with Crippen LogP contribution in [0.4, 0.5) is 0 Å². The Morgan fingerprint density at radius 1 is 1.28 bits per heavy atom. The zero-order valence-corrected chi connectivity index (χ0v) is 13.9. The molecule has 0 unspecified atom stereocenters. The number of pyridine rings is 2. The smallest absolute Gasteiger partial charge is 0.253 e. The van der Waals surface area contributed by atoms with Gasteiger partial charge in [-0.15, -0.1) is 0 Å². The van der Waals surface area contributed by atoms with Crippen molar-refractivity contribution in [2.24, 2.45) is 0 Å². The summed E-state index contributed by atoms with van der Waals surface area (Å²) in [5.41, 5.74) is 3.12. The van der Waals surface area contributed by atoms with Crippen molar-refractivity contribution < 1.29 is 4.79 Å². The fourth-order valence-electron chi connectivity index (χ4n) is 3.11. The van der Waals surface area contributed by atoms with Crippen LogP contribution in [0.15, 0.2) is 43.1 Å². The highest BCUT2D eigenvalue weighted by Gasteiger charge is 2.17. The zero-order valence-electron chi connectivity index (χ0n) is 13.9. The maximum absolute atomic E-state index is 12.4. The van der Waals surface area contributed by atoms with Gasteiger partial charge in [0.25, 0.3) is 5.91 Å². The lowest BCUT2D eigenvalue weighted by Gasteiger charge is -2.23. The van der Waals surface area contributed by atoms with Crippen molar-refractivity contribution in [3.8, 4) is 0 Å². The second-order valence-electron chi connectivity index (χ2n) is 6.30. The first-order valence-corrected chi connectivity index (χ1v) is 8.51. The van der Waals surface area contributed by atoms with Gasteiger partial charge in [-0.2, -0.15) is 0 Å². The molecule has 3 aromatic rings. The van der Waals surface area contributed by atoms with Gasteiger partial charge in [-0.05, 0) is 43.6 Å². The predicted molar refractivity (Wildman–Crippen MR) is 94.2 cm³/mol. The highest BCUT2D eigenvalue weighted by atomic mass is 16.1. The predicted octanol–water partition coefficient (Wildman–Crippen LogP) is 1.36. The van der Waals surface area contributed by atoms with Crippen LogP contribution in [0.5, 0.6) is 0 Å². The quantitative estimate of drug-likeness (QED) is 0.751. The SMILES string of the molecule is O=C(NC1CCNCC1)c1cnc2c(c1)ncn2Cc1cccnc1. The maximum Gasteiger partial charge on any atom is 0.253 e. The fourth-order valence-corrected chi connectivity index (χ4v) is 3.11. The third-order valence-corrected chi connectivity index (χ3v) is 4.47. The molecule has 128 valence electrons. The van der Waals surface area contributed by atoms with E-state index in [1.165, 1.54) is 0 Å². The lowest BCUT2D eigenvalue weighted by molar-refractivity contribution is 0.0929. The van der Waals surface area contributed by atoms with Gasteiger partial charge in [0.2, 0.25) is 0 Å². The molecule has 7 heteroatoms. The number of carbonyl (C=O) groups excluding carboxylic acids is 1. The molecule has 0 spiro atoms. The Morgan fingerprint density at radius 2 is 2.16 bits per heavy atom. The fraction of sp³-hybridized carbons (Fsp3) is 0.333. The summed E-state index contributed by atoms with van der Waals surface area (Å²) in [4.78, 5) is 25.4. The van der Waals surface area contributed by atoms with Crippen molar-refractivity contribution in [3.05, 3.63) is 54.2 Å². The van der Waals surface area contributed by atoms with Crippen LogP contribution < -0.4 is 10.6 Å². The van der Waals surface area contributed by atoms with Gasteiger partial charge in [0.15, 0.2) is 5.65 Å². The summed E-state index contributed by atoms with van der Waals surface area (Å²) in [6.45, 7) is 2.54. The summed E-state index contributed by atoms with van der Waals surface area (Å²) in [6, 6.07) is 5.95. The minimum absolute atomic E-state index is 0.0805. The van der Waals surface area contributed by atoms with Gasteiger partial charge in [-0.1, -0.05) is 6.07 Å². The standard InChI is InChI=1S/C18H20N6O/c25-18(23-15-3-6-19-7-4-15)14-8-16-17(21-10-14)24(12-22-16)11-13-2-1-5-20-9-13/h1-2,5,8-10,12,15,19H,3-4,6-7,11H2,(H,23,25). The Bertz CT molecular complexity index is 870. The largest absolute Gasteiger partial charge is 0.349 e. The Balaban J connectivity index is 1.52. The van der Waals surface area contributed by atoms with Crippen molar-refractivity contribution in [2.45, 2.75) is 25.4 Å². The molecular weight excluding hydrogens is 316 g/mol. The molecule has 2 N–H and O–H groups in total. The number of piperidine rings is 1. The second kappa shape index (κ2) is 6.98. The third kappa shape index (κ3) is 3.51. The molecule has 0 aliphatic carbocycles. The average molecular weight is 336 g/mol. The average Bonchev–Trinajstić information content (AvgIpc) is 3.05. The third-order valence-electron chi connectivity index (χ3n) is 4.47. The monoisotopic (exact) mass is 336 g/mol. The summed E-state index contributed by atoms with van der Waals surface area (Å²) in [5.74, 6) is -0.0805. The molecule has 1 saturated heterocycles. The van der Waals surface area contributed by atoms with E-state index in [2.05, 4.69) is 25.6 Å². The van der Waals surface area contributed by atoms with Crippen LogP contribution in [0.25, 0.3) is 11.2 Å². The Hall–Kier alpha value is -2.80. The van der Waals surface area contributed by atoms with E-state index in [9.17, 15) is 4.79 Å². The highest BCUT2D eigenvalue weighted by Crippen LogP contribution is 2.14. The van der Waals surface area contributed by atoms with Gasteiger partial charge in [-0.3, -0.25) is 9.78 Å². The molecule has 3 aromatic heterocycles. The summed E-state index contributed by atoms with van der Waals surface area (Å²) in [7, 11) is 0. The molecule has 1 aliphatic heterocycles. The van der Waals surface area contributed by atoms with E-state index in [-0.39, 0.29) is 11.9 Å². The van der Waals surface area contributed by atoms with E-state index in [0.29, 0.717) is 12.1 Å². The van der Waals surface area contributed by atoms with Crippen LogP contribution in [0, 0.1) is 0 Å². The van der Waals surface area contributed by atoms with Crippen molar-refractivity contribution >= 4 is 17.1 Å². The number of nitrogens with one attached hydrogen (secondary N) is 2. The number of rotatable bonds is 4. The number of hydrogen-bond donors (Lipinski definition) is 2. The van der Waals surface area contributed by atoms with E-state index < -0.39 is 0 Å². The minimum Gasteiger partial charge on any atom is -0.349 e. The van der Waals surface area contributed by atoms with E-state index >= 15 is 0 Å². The lowest BCUT2D eigenvalue weighted by atomic mass is 10.1. The number of imidazole rings is 1. The van der Waals surface area contributed by atoms with Crippen molar-refractivity contribution in [3.63, 3.8) is 0 Å². The molecule has 1 aliphatic rings. The van der Waals surface area contributed by atoms with Crippen LogP contribution in [0.3, 0.4) is 0 Å². The molecule has 4 rings (SSSR count). The molecular formula is C18H20N6O. The van der Waals surface area contributed by atoms with Gasteiger partial charge in [-0.25, -0.2) is 9.97 Å². The Labute approximate surface area is 145 Å². The van der Waals surface area contributed by atoms with Gasteiger partial charge in [0.05, 0.1) is 18.4 Å². The second-order valence-corrected chi connectivity index (χ2v) is 6.30. The number of carbonyl (C=O) groups is 1. The molecule has 0 aromatic carbocycles. The molecule has 1 fully saturated rings.